The Bertz CT molecular complexity index is 704. The van der Waals surface area contributed by atoms with Gasteiger partial charge in [-0.2, -0.15) is 0 Å². The smallest absolute Gasteiger partial charge is 0.319 e. The van der Waals surface area contributed by atoms with E-state index in [1.807, 2.05) is 19.9 Å². The Morgan fingerprint density at radius 1 is 1.05 bits per heavy atom. The SMILES string of the molecule is Cc1ccc(Cl)cc1NC(=O)N[C@@H](C)c1ccc(Cl)cc1Cl. The molecule has 0 heterocycles. The highest BCUT2D eigenvalue weighted by Crippen LogP contribution is 2.26. The highest BCUT2D eigenvalue weighted by molar-refractivity contribution is 6.35. The van der Waals surface area contributed by atoms with Gasteiger partial charge >= 0.3 is 6.03 Å². The van der Waals surface area contributed by atoms with Gasteiger partial charge in [0.1, 0.15) is 0 Å². The van der Waals surface area contributed by atoms with Crippen LogP contribution in [-0.2, 0) is 0 Å². The number of anilines is 1. The molecule has 6 heteroatoms. The monoisotopic (exact) mass is 356 g/mol. The van der Waals surface area contributed by atoms with Crippen molar-refractivity contribution >= 4 is 46.5 Å². The van der Waals surface area contributed by atoms with Crippen molar-refractivity contribution in [2.45, 2.75) is 19.9 Å². The zero-order chi connectivity index (χ0) is 16.3. The second-order valence-corrected chi connectivity index (χ2v) is 6.23. The average Bonchev–Trinajstić information content (AvgIpc) is 2.42. The second-order valence-electron chi connectivity index (χ2n) is 4.95. The van der Waals surface area contributed by atoms with E-state index in [0.717, 1.165) is 11.1 Å². The van der Waals surface area contributed by atoms with Gasteiger partial charge in [0.2, 0.25) is 0 Å². The third kappa shape index (κ3) is 4.29. The van der Waals surface area contributed by atoms with Gasteiger partial charge in [0.05, 0.1) is 6.04 Å². The average molecular weight is 358 g/mol. The Hall–Kier alpha value is -1.42. The lowest BCUT2D eigenvalue weighted by molar-refractivity contribution is 0.249. The number of aryl methyl sites for hydroxylation is 1. The minimum absolute atomic E-state index is 0.260. The standard InChI is InChI=1S/C16H15Cl3N2O/c1-9-3-4-12(18)8-15(9)21-16(22)20-10(2)13-6-5-11(17)7-14(13)19/h3-8,10H,1-2H3,(H2,20,21,22)/t10-/m0/s1. The maximum absolute atomic E-state index is 12.1. The van der Waals surface area contributed by atoms with Gasteiger partial charge in [-0.25, -0.2) is 4.79 Å². The minimum Gasteiger partial charge on any atom is -0.331 e. The van der Waals surface area contributed by atoms with Crippen molar-refractivity contribution in [2.24, 2.45) is 0 Å². The Balaban J connectivity index is 2.06. The first-order valence-corrected chi connectivity index (χ1v) is 7.79. The third-order valence-corrected chi connectivity index (χ3v) is 4.02. The van der Waals surface area contributed by atoms with Crippen molar-refractivity contribution in [2.75, 3.05) is 5.32 Å². The van der Waals surface area contributed by atoms with Gasteiger partial charge in [0.25, 0.3) is 0 Å². The maximum atomic E-state index is 12.1. The molecule has 2 aromatic rings. The molecule has 0 aromatic heterocycles. The minimum atomic E-state index is -0.330. The molecule has 0 aliphatic heterocycles. The Morgan fingerprint density at radius 3 is 2.36 bits per heavy atom. The molecule has 0 radical (unpaired) electrons. The lowest BCUT2D eigenvalue weighted by Crippen LogP contribution is -2.31. The number of carbonyl (C=O) groups excluding carboxylic acids is 1. The van der Waals surface area contributed by atoms with E-state index in [1.165, 1.54) is 0 Å². The molecule has 0 saturated heterocycles. The molecular formula is C16H15Cl3N2O. The molecular weight excluding hydrogens is 343 g/mol. The Kier molecular flexibility index (Phi) is 5.57. The number of nitrogens with one attached hydrogen (secondary N) is 2. The summed E-state index contributed by atoms with van der Waals surface area (Å²) in [6, 6.07) is 9.91. The fourth-order valence-corrected chi connectivity index (χ4v) is 2.76. The van der Waals surface area contributed by atoms with Gasteiger partial charge in [-0.15, -0.1) is 0 Å². The van der Waals surface area contributed by atoms with Crippen molar-refractivity contribution in [1.29, 1.82) is 0 Å². The number of urea groups is 1. The molecule has 0 aliphatic carbocycles. The molecule has 3 nitrogen and oxygen atoms in total. The van der Waals surface area contributed by atoms with Crippen molar-refractivity contribution in [1.82, 2.24) is 5.32 Å². The molecule has 2 aromatic carbocycles. The molecule has 0 aliphatic rings. The third-order valence-electron chi connectivity index (χ3n) is 3.22. The summed E-state index contributed by atoms with van der Waals surface area (Å²) in [6.45, 7) is 3.74. The first-order chi connectivity index (χ1) is 10.4. The predicted octanol–water partition coefficient (Wildman–Crippen LogP) is 5.84. The van der Waals surface area contributed by atoms with E-state index in [4.69, 9.17) is 34.8 Å². The van der Waals surface area contributed by atoms with Crippen LogP contribution in [-0.4, -0.2) is 6.03 Å². The molecule has 2 amide bonds. The highest BCUT2D eigenvalue weighted by Gasteiger charge is 2.13. The quantitative estimate of drug-likeness (QED) is 0.712. The van der Waals surface area contributed by atoms with E-state index >= 15 is 0 Å². The van der Waals surface area contributed by atoms with E-state index in [1.54, 1.807) is 30.3 Å². The molecule has 0 saturated carbocycles. The molecule has 22 heavy (non-hydrogen) atoms. The lowest BCUT2D eigenvalue weighted by atomic mass is 10.1. The summed E-state index contributed by atoms with van der Waals surface area (Å²) in [6.07, 6.45) is 0. The fourth-order valence-electron chi connectivity index (χ4n) is 2.01. The van der Waals surface area contributed by atoms with Crippen LogP contribution < -0.4 is 10.6 Å². The van der Waals surface area contributed by atoms with Crippen LogP contribution in [0.1, 0.15) is 24.1 Å². The number of amides is 2. The van der Waals surface area contributed by atoms with E-state index in [0.29, 0.717) is 20.8 Å². The summed E-state index contributed by atoms with van der Waals surface area (Å²) in [4.78, 5) is 12.1. The largest absolute Gasteiger partial charge is 0.331 e. The molecule has 0 fully saturated rings. The van der Waals surface area contributed by atoms with Gasteiger partial charge in [0.15, 0.2) is 0 Å². The van der Waals surface area contributed by atoms with Crippen LogP contribution in [0, 0.1) is 6.92 Å². The van der Waals surface area contributed by atoms with Crippen LogP contribution in [0.15, 0.2) is 36.4 Å². The van der Waals surface area contributed by atoms with Gasteiger partial charge in [-0.05, 0) is 49.2 Å². The number of hydrogen-bond donors (Lipinski definition) is 2. The Labute approximate surface area is 144 Å². The summed E-state index contributed by atoms with van der Waals surface area (Å²) >= 11 is 17.9. The highest BCUT2D eigenvalue weighted by atomic mass is 35.5. The van der Waals surface area contributed by atoms with E-state index < -0.39 is 0 Å². The van der Waals surface area contributed by atoms with Crippen molar-refractivity contribution in [3.63, 3.8) is 0 Å². The second kappa shape index (κ2) is 7.23. The first kappa shape index (κ1) is 16.9. The van der Waals surface area contributed by atoms with E-state index in [2.05, 4.69) is 10.6 Å². The maximum Gasteiger partial charge on any atom is 0.319 e. The van der Waals surface area contributed by atoms with Crippen molar-refractivity contribution < 1.29 is 4.79 Å². The van der Waals surface area contributed by atoms with Crippen molar-refractivity contribution in [3.8, 4) is 0 Å². The lowest BCUT2D eigenvalue weighted by Gasteiger charge is -2.17. The van der Waals surface area contributed by atoms with E-state index in [-0.39, 0.29) is 12.1 Å². The summed E-state index contributed by atoms with van der Waals surface area (Å²) in [7, 11) is 0. The Morgan fingerprint density at radius 2 is 1.68 bits per heavy atom. The van der Waals surface area contributed by atoms with Gasteiger partial charge in [-0.3, -0.25) is 0 Å². The molecule has 2 N–H and O–H groups in total. The van der Waals surface area contributed by atoms with Crippen LogP contribution in [0.25, 0.3) is 0 Å². The molecule has 0 bridgehead atoms. The van der Waals surface area contributed by atoms with Crippen molar-refractivity contribution in [3.05, 3.63) is 62.6 Å². The van der Waals surface area contributed by atoms with Gasteiger partial charge in [0, 0.05) is 20.8 Å². The zero-order valence-electron chi connectivity index (χ0n) is 12.1. The number of halogens is 3. The van der Waals surface area contributed by atoms with Crippen LogP contribution in [0.5, 0.6) is 0 Å². The molecule has 2 rings (SSSR count). The van der Waals surface area contributed by atoms with Crippen LogP contribution in [0.4, 0.5) is 10.5 Å². The molecule has 116 valence electrons. The van der Waals surface area contributed by atoms with E-state index in [9.17, 15) is 4.79 Å². The summed E-state index contributed by atoms with van der Waals surface area (Å²) in [5.41, 5.74) is 2.39. The van der Waals surface area contributed by atoms with Crippen LogP contribution in [0.3, 0.4) is 0 Å². The van der Waals surface area contributed by atoms with Crippen LogP contribution in [0.2, 0.25) is 15.1 Å². The molecule has 1 atom stereocenters. The first-order valence-electron chi connectivity index (χ1n) is 6.65. The fraction of sp³-hybridized carbons (Fsp3) is 0.188. The molecule has 0 unspecified atom stereocenters. The normalized spacial score (nSPS) is 11.9. The van der Waals surface area contributed by atoms with Gasteiger partial charge in [-0.1, -0.05) is 46.9 Å². The summed E-state index contributed by atoms with van der Waals surface area (Å²) in [5.74, 6) is 0. The van der Waals surface area contributed by atoms with Gasteiger partial charge < -0.3 is 10.6 Å². The summed E-state index contributed by atoms with van der Waals surface area (Å²) < 4.78 is 0. The number of hydrogen-bond acceptors (Lipinski definition) is 1. The topological polar surface area (TPSA) is 41.1 Å². The van der Waals surface area contributed by atoms with Crippen LogP contribution >= 0.6 is 34.8 Å². The number of carbonyl (C=O) groups is 1. The summed E-state index contributed by atoms with van der Waals surface area (Å²) in [5, 5.41) is 7.24. The zero-order valence-corrected chi connectivity index (χ0v) is 14.4. The number of benzene rings is 2. The predicted molar refractivity (Wildman–Crippen MR) is 93.2 cm³/mol. The molecule has 0 spiro atoms. The number of rotatable bonds is 3.